The minimum absolute atomic E-state index is 0.859. The van der Waals surface area contributed by atoms with Crippen LogP contribution in [0.15, 0.2) is 0 Å². The van der Waals surface area contributed by atoms with E-state index in [4.69, 9.17) is 5.11 Å². The van der Waals surface area contributed by atoms with Crippen molar-refractivity contribution >= 4 is 0 Å². The number of phenolic OH excluding ortho intramolecular Hbond substituents is 1. The fraction of sp³-hybridized carbons (Fsp3) is 0.143. The Bertz CT molecular complexity index is 322. The first-order valence-corrected chi connectivity index (χ1v) is 3.09. The smallest absolute Gasteiger partial charge is 0.212 e. The molecule has 1 rings (SSSR count). The van der Waals surface area contributed by atoms with Gasteiger partial charge in [0.1, 0.15) is 0 Å². The van der Waals surface area contributed by atoms with Crippen molar-refractivity contribution in [2.24, 2.45) is 0 Å². The molecule has 1 aromatic rings. The summed E-state index contributed by atoms with van der Waals surface area (Å²) < 4.78 is 54.2. The molecule has 13 heavy (non-hydrogen) atoms. The zero-order valence-corrected chi connectivity index (χ0v) is 6.37. The van der Waals surface area contributed by atoms with Crippen LogP contribution in [-0.4, -0.2) is 12.2 Å². The minimum atomic E-state index is -1.98. The summed E-state index contributed by atoms with van der Waals surface area (Å²) in [4.78, 5) is 0. The third kappa shape index (κ3) is 1.28. The van der Waals surface area contributed by atoms with Crippen LogP contribution in [0.3, 0.4) is 0 Å². The summed E-state index contributed by atoms with van der Waals surface area (Å²) in [5, 5.41) is 8.59. The predicted octanol–water partition coefficient (Wildman–Crippen LogP) is 1.96. The van der Waals surface area contributed by atoms with Crippen LogP contribution in [0.1, 0.15) is 0 Å². The third-order valence-electron chi connectivity index (χ3n) is 1.40. The number of benzene rings is 1. The molecule has 0 spiro atoms. The minimum Gasteiger partial charge on any atom is -0.503 e. The van der Waals surface area contributed by atoms with Gasteiger partial charge in [-0.2, -0.15) is 13.2 Å². The molecule has 0 aliphatic heterocycles. The fourth-order valence-electron chi connectivity index (χ4n) is 0.779. The Morgan fingerprint density at radius 3 is 1.92 bits per heavy atom. The van der Waals surface area contributed by atoms with Gasteiger partial charge in [0.15, 0.2) is 11.5 Å². The first-order valence-electron chi connectivity index (χ1n) is 3.09. The fourth-order valence-corrected chi connectivity index (χ4v) is 0.779. The maximum atomic E-state index is 12.7. The third-order valence-corrected chi connectivity index (χ3v) is 1.40. The van der Waals surface area contributed by atoms with Gasteiger partial charge in [-0.3, -0.25) is 0 Å². The van der Waals surface area contributed by atoms with Gasteiger partial charge in [0.2, 0.25) is 23.3 Å². The molecule has 1 N–H and O–H groups in total. The topological polar surface area (TPSA) is 29.5 Å². The number of aromatic hydroxyl groups is 1. The Kier molecular flexibility index (Phi) is 2.31. The molecule has 0 unspecified atom stereocenters. The van der Waals surface area contributed by atoms with Crippen LogP contribution in [0.2, 0.25) is 0 Å². The molecule has 0 heterocycles. The second-order valence-electron chi connectivity index (χ2n) is 2.14. The quantitative estimate of drug-likeness (QED) is 0.422. The maximum Gasteiger partial charge on any atom is 0.212 e. The molecule has 0 bridgehead atoms. The van der Waals surface area contributed by atoms with E-state index < -0.39 is 34.8 Å². The lowest BCUT2D eigenvalue weighted by atomic mass is 10.2. The molecule has 1 aromatic carbocycles. The van der Waals surface area contributed by atoms with Gasteiger partial charge in [-0.25, -0.2) is 4.39 Å². The number of ether oxygens (including phenoxy) is 1. The second-order valence-corrected chi connectivity index (χ2v) is 2.14. The van der Waals surface area contributed by atoms with Crippen molar-refractivity contribution in [3.63, 3.8) is 0 Å². The molecule has 0 amide bonds. The first-order chi connectivity index (χ1) is 6.00. The SMILES string of the molecule is COc1c(F)c(O)c(F)c(F)c1F. The summed E-state index contributed by atoms with van der Waals surface area (Å²) in [6, 6.07) is 0. The molecule has 0 saturated heterocycles. The van der Waals surface area contributed by atoms with Crippen LogP contribution >= 0.6 is 0 Å². The van der Waals surface area contributed by atoms with E-state index in [0.717, 1.165) is 7.11 Å². The summed E-state index contributed by atoms with van der Waals surface area (Å²) in [6.07, 6.45) is 0. The molecule has 0 fully saturated rings. The highest BCUT2D eigenvalue weighted by molar-refractivity contribution is 5.38. The highest BCUT2D eigenvalue weighted by Crippen LogP contribution is 2.33. The van der Waals surface area contributed by atoms with Gasteiger partial charge >= 0.3 is 0 Å². The highest BCUT2D eigenvalue weighted by Gasteiger charge is 2.25. The van der Waals surface area contributed by atoms with Gasteiger partial charge in [0, 0.05) is 0 Å². The van der Waals surface area contributed by atoms with Gasteiger partial charge < -0.3 is 9.84 Å². The number of hydrogen-bond donors (Lipinski definition) is 1. The lowest BCUT2D eigenvalue weighted by molar-refractivity contribution is 0.306. The molecule has 0 saturated carbocycles. The standard InChI is InChI=1S/C7H4F4O2/c1-13-7-4(10)2(8)3(9)6(12)5(7)11/h12H,1H3. The van der Waals surface area contributed by atoms with Gasteiger partial charge in [-0.15, -0.1) is 0 Å². The molecule has 0 aromatic heterocycles. The van der Waals surface area contributed by atoms with Crippen molar-refractivity contribution in [1.29, 1.82) is 0 Å². The number of halogens is 4. The molecular formula is C7H4F4O2. The van der Waals surface area contributed by atoms with Gasteiger partial charge in [-0.05, 0) is 0 Å². The van der Waals surface area contributed by atoms with E-state index >= 15 is 0 Å². The number of methoxy groups -OCH3 is 1. The molecule has 0 aliphatic rings. The molecule has 0 atom stereocenters. The van der Waals surface area contributed by atoms with E-state index in [1.807, 2.05) is 0 Å². The molecule has 0 aliphatic carbocycles. The molecular weight excluding hydrogens is 192 g/mol. The molecule has 2 nitrogen and oxygen atoms in total. The summed E-state index contributed by atoms with van der Waals surface area (Å²) in [6.45, 7) is 0. The maximum absolute atomic E-state index is 12.7. The Hall–Kier alpha value is -1.46. The first kappa shape index (κ1) is 9.63. The summed E-state index contributed by atoms with van der Waals surface area (Å²) >= 11 is 0. The van der Waals surface area contributed by atoms with E-state index in [0.29, 0.717) is 0 Å². The van der Waals surface area contributed by atoms with Crippen LogP contribution < -0.4 is 4.74 Å². The van der Waals surface area contributed by atoms with Crippen molar-refractivity contribution < 1.29 is 27.4 Å². The lowest BCUT2D eigenvalue weighted by Gasteiger charge is -2.06. The van der Waals surface area contributed by atoms with E-state index in [2.05, 4.69) is 4.74 Å². The van der Waals surface area contributed by atoms with Crippen LogP contribution in [0, 0.1) is 23.3 Å². The Morgan fingerprint density at radius 1 is 0.923 bits per heavy atom. The second kappa shape index (κ2) is 3.12. The average molecular weight is 196 g/mol. The van der Waals surface area contributed by atoms with E-state index in [9.17, 15) is 17.6 Å². The van der Waals surface area contributed by atoms with Crippen molar-refractivity contribution in [2.45, 2.75) is 0 Å². The summed E-state index contributed by atoms with van der Waals surface area (Å²) in [5.74, 6) is -10.2. The number of hydrogen-bond acceptors (Lipinski definition) is 2. The highest BCUT2D eigenvalue weighted by atomic mass is 19.2. The van der Waals surface area contributed by atoms with Crippen LogP contribution in [0.5, 0.6) is 11.5 Å². The van der Waals surface area contributed by atoms with Crippen molar-refractivity contribution in [3.8, 4) is 11.5 Å². The molecule has 6 heteroatoms. The zero-order valence-electron chi connectivity index (χ0n) is 6.37. The molecule has 72 valence electrons. The van der Waals surface area contributed by atoms with Crippen LogP contribution in [0.4, 0.5) is 17.6 Å². The van der Waals surface area contributed by atoms with E-state index in [1.165, 1.54) is 0 Å². The average Bonchev–Trinajstić information content (AvgIpc) is 2.13. The number of rotatable bonds is 1. The normalized spacial score (nSPS) is 10.2. The zero-order chi connectivity index (χ0) is 10.2. The Labute approximate surface area is 70.4 Å². The van der Waals surface area contributed by atoms with Gasteiger partial charge in [0.25, 0.3) is 0 Å². The summed E-state index contributed by atoms with van der Waals surface area (Å²) in [7, 11) is 0.859. The van der Waals surface area contributed by atoms with Gasteiger partial charge in [0.05, 0.1) is 7.11 Å². The van der Waals surface area contributed by atoms with Crippen molar-refractivity contribution in [1.82, 2.24) is 0 Å². The van der Waals surface area contributed by atoms with Gasteiger partial charge in [-0.1, -0.05) is 0 Å². The largest absolute Gasteiger partial charge is 0.503 e. The van der Waals surface area contributed by atoms with Crippen molar-refractivity contribution in [3.05, 3.63) is 23.3 Å². The van der Waals surface area contributed by atoms with Crippen molar-refractivity contribution in [2.75, 3.05) is 7.11 Å². The monoisotopic (exact) mass is 196 g/mol. The van der Waals surface area contributed by atoms with E-state index in [1.54, 1.807) is 0 Å². The predicted molar refractivity (Wildman–Crippen MR) is 34.5 cm³/mol. The Morgan fingerprint density at radius 2 is 1.46 bits per heavy atom. The van der Waals surface area contributed by atoms with Crippen LogP contribution in [-0.2, 0) is 0 Å². The Balaban J connectivity index is 3.56. The van der Waals surface area contributed by atoms with E-state index in [-0.39, 0.29) is 0 Å². The van der Waals surface area contributed by atoms with Crippen LogP contribution in [0.25, 0.3) is 0 Å². The lowest BCUT2D eigenvalue weighted by Crippen LogP contribution is -2.00. The molecule has 0 radical (unpaired) electrons. The number of phenols is 1. The summed E-state index contributed by atoms with van der Waals surface area (Å²) in [5.41, 5.74) is 0.